The molecule has 94 heavy (non-hydrogen) atoms. The molecule has 1 aliphatic rings. The fourth-order valence-electron chi connectivity index (χ4n) is 11.5. The Bertz CT molecular complexity index is 2570. The molecule has 1 rings (SSSR count). The summed E-state index contributed by atoms with van der Waals surface area (Å²) in [5, 5.41) is 22.2. The SMILES string of the molecule is CC=CC[C@@H](C)[C@@H](O)[C@H]1C(=O)N[C@@H](CC)C(=O)N(C)[C@H](SCCCN(C)C)C(=O)N(C)[C@@H](CC(C)(C)OC)C(=O)N[C@@H](C(C)C)C(=O)N(C)[C@@H](CC(C)C)C(=O)N[C@@H](C)C(=O)N[C@H](C)C(=O)N(C)[C@@H](CC(C)C)C(=O)N(C)[C@@H](CC(C)C)C(=O)N(C)[C@@H](C(C)C)C(=O)N1C. The summed E-state index contributed by atoms with van der Waals surface area (Å²) in [7, 11) is 15.3. The zero-order chi connectivity index (χ0) is 72.9. The average molecular weight is 1350 g/mol. The maximum Gasteiger partial charge on any atom is 0.256 e. The first-order valence-corrected chi connectivity index (χ1v) is 34.6. The van der Waals surface area contributed by atoms with Crippen molar-refractivity contribution in [1.29, 1.82) is 0 Å². The molecule has 0 spiro atoms. The predicted octanol–water partition coefficient (Wildman–Crippen LogP) is 4.05. The van der Waals surface area contributed by atoms with E-state index in [-0.39, 0.29) is 49.9 Å². The molecule has 0 aromatic heterocycles. The third-order valence-electron chi connectivity index (χ3n) is 17.8. The Hall–Kier alpha value is -5.86. The first-order chi connectivity index (χ1) is 43.4. The standard InChI is InChI=1S/C68H124N12O13S/c1-28-30-32-44(13)55(81)54-59(85)71-47(29-2)61(87)80(26)67(94-34-31-33-73(18)19)66(92)77(23)51(38-68(16,17)93-27)58(84)72-52(42(9)10)64(90)74(20)48(35-39(3)4)57(83)69-45(14)56(82)70-46(15)60(86)75(21)49(36-40(5)6)62(88)76(22)50(37-41(7)8)63(89)78(24)53(43(11)12)65(91)79(54)25/h28,30,39-55,67,81H,29,31-38H2,1-27H3,(H,69,83)(H,70,82)(H,71,85)(H,72,84)/t44-,45+,46-,47+,48+,49+,50+,51+,52+,53+,54+,55-,67-/m1/s1. The van der Waals surface area contributed by atoms with E-state index in [1.807, 2.05) is 66.6 Å². The van der Waals surface area contributed by atoms with Gasteiger partial charge in [-0.2, -0.15) is 0 Å². The number of nitrogens with zero attached hydrogens (tertiary/aromatic N) is 8. The van der Waals surface area contributed by atoms with Crippen molar-refractivity contribution in [2.24, 2.45) is 35.5 Å². The molecule has 1 fully saturated rings. The number of aliphatic hydroxyl groups excluding tert-OH is 1. The number of methoxy groups -OCH3 is 1. The minimum Gasteiger partial charge on any atom is -0.390 e. The fraction of sp³-hybridized carbons (Fsp3) is 0.809. The number of hydrogen-bond acceptors (Lipinski definition) is 15. The predicted molar refractivity (Wildman–Crippen MR) is 369 cm³/mol. The van der Waals surface area contributed by atoms with Crippen molar-refractivity contribution in [2.45, 2.75) is 240 Å². The highest BCUT2D eigenvalue weighted by Gasteiger charge is 2.47. The number of nitrogens with one attached hydrogen (secondary N) is 4. The number of carbonyl (C=O) groups is 11. The summed E-state index contributed by atoms with van der Waals surface area (Å²) >= 11 is 1.16. The van der Waals surface area contributed by atoms with E-state index in [9.17, 15) is 24.3 Å². The number of rotatable bonds is 21. The number of amides is 11. The molecule has 26 heteroatoms. The van der Waals surface area contributed by atoms with Gasteiger partial charge in [-0.05, 0) is 135 Å². The molecular formula is C68H124N12O13S. The maximum atomic E-state index is 15.4. The number of hydrogen-bond donors (Lipinski definition) is 5. The van der Waals surface area contributed by atoms with Crippen LogP contribution in [-0.4, -0.2) is 270 Å². The number of aliphatic hydroxyl groups is 1. The summed E-state index contributed by atoms with van der Waals surface area (Å²) in [6, 6.07) is -12.8. The Balaban J connectivity index is 4.59. The lowest BCUT2D eigenvalue weighted by molar-refractivity contribution is -0.157. The highest BCUT2D eigenvalue weighted by atomic mass is 32.2. The largest absolute Gasteiger partial charge is 0.390 e. The van der Waals surface area contributed by atoms with Gasteiger partial charge in [-0.15, -0.1) is 11.8 Å². The van der Waals surface area contributed by atoms with Crippen molar-refractivity contribution >= 4 is 76.7 Å². The number of thioether (sulfide) groups is 1. The zero-order valence-electron chi connectivity index (χ0n) is 62.2. The van der Waals surface area contributed by atoms with E-state index in [1.165, 1.54) is 99.7 Å². The van der Waals surface area contributed by atoms with Gasteiger partial charge in [0.05, 0.1) is 11.7 Å². The zero-order valence-corrected chi connectivity index (χ0v) is 63.1. The van der Waals surface area contributed by atoms with Crippen LogP contribution in [0.25, 0.3) is 0 Å². The van der Waals surface area contributed by atoms with E-state index >= 15 is 33.6 Å². The molecule has 13 atom stereocenters. The summed E-state index contributed by atoms with van der Waals surface area (Å²) in [5.74, 6) is -9.59. The number of likely N-dealkylation sites (N-methyl/N-ethyl adjacent to an activating group) is 7. The molecule has 0 saturated carbocycles. The molecule has 1 aliphatic heterocycles. The summed E-state index contributed by atoms with van der Waals surface area (Å²) in [6.07, 6.45) is 3.26. The first kappa shape index (κ1) is 86.2. The third kappa shape index (κ3) is 24.7. The van der Waals surface area contributed by atoms with Crippen LogP contribution in [0.3, 0.4) is 0 Å². The molecule has 0 bridgehead atoms. The van der Waals surface area contributed by atoms with E-state index < -0.39 is 160 Å². The molecule has 0 aromatic carbocycles. The molecule has 0 aromatic rings. The second-order valence-electron chi connectivity index (χ2n) is 28.7. The van der Waals surface area contributed by atoms with Crippen LogP contribution < -0.4 is 21.3 Å². The van der Waals surface area contributed by atoms with E-state index in [0.717, 1.165) is 16.7 Å². The van der Waals surface area contributed by atoms with Crippen molar-refractivity contribution in [3.63, 3.8) is 0 Å². The van der Waals surface area contributed by atoms with Gasteiger partial charge in [-0.1, -0.05) is 95.2 Å². The topological polar surface area (TPSA) is 291 Å². The summed E-state index contributed by atoms with van der Waals surface area (Å²) in [5.41, 5.74) is -1.04. The molecular weight excluding hydrogens is 1220 g/mol. The Morgan fingerprint density at radius 3 is 1.47 bits per heavy atom. The van der Waals surface area contributed by atoms with Gasteiger partial charge >= 0.3 is 0 Å². The molecule has 5 N–H and O–H groups in total. The van der Waals surface area contributed by atoms with Crippen LogP contribution in [0.5, 0.6) is 0 Å². The van der Waals surface area contributed by atoms with Crippen molar-refractivity contribution in [1.82, 2.24) is 60.5 Å². The lowest BCUT2D eigenvalue weighted by Gasteiger charge is -2.41. The molecule has 1 heterocycles. The molecule has 0 unspecified atom stereocenters. The van der Waals surface area contributed by atoms with Crippen LogP contribution >= 0.6 is 11.8 Å². The van der Waals surface area contributed by atoms with Crippen LogP contribution in [0.2, 0.25) is 0 Å². The van der Waals surface area contributed by atoms with Gasteiger partial charge < -0.3 is 70.3 Å². The van der Waals surface area contributed by atoms with Crippen LogP contribution in [-0.2, 0) is 57.5 Å². The van der Waals surface area contributed by atoms with Crippen LogP contribution in [0.15, 0.2) is 12.2 Å². The Labute approximate surface area is 568 Å². The smallest absolute Gasteiger partial charge is 0.256 e. The molecule has 540 valence electrons. The fourth-order valence-corrected chi connectivity index (χ4v) is 12.7. The Kier molecular flexibility index (Phi) is 36.1. The Morgan fingerprint density at radius 2 is 1.00 bits per heavy atom. The lowest BCUT2D eigenvalue weighted by atomic mass is 9.91. The summed E-state index contributed by atoms with van der Waals surface area (Å²) in [4.78, 5) is 175. The quantitative estimate of drug-likeness (QED) is 0.0801. The van der Waals surface area contributed by atoms with Crippen molar-refractivity contribution < 1.29 is 62.6 Å². The second-order valence-corrected chi connectivity index (χ2v) is 29.9. The number of carbonyl (C=O) groups excluding carboxylic acids is 11. The van der Waals surface area contributed by atoms with Crippen LogP contribution in [0.1, 0.15) is 163 Å². The number of ether oxygens (including phenoxy) is 1. The first-order valence-electron chi connectivity index (χ1n) is 33.6. The second kappa shape index (κ2) is 39.4. The van der Waals surface area contributed by atoms with Crippen molar-refractivity contribution in [3.8, 4) is 0 Å². The number of allylic oxidation sites excluding steroid dienone is 2. The van der Waals surface area contributed by atoms with E-state index in [4.69, 9.17) is 4.74 Å². The minimum atomic E-state index is -1.65. The monoisotopic (exact) mass is 1350 g/mol. The van der Waals surface area contributed by atoms with Gasteiger partial charge in [-0.25, -0.2) is 0 Å². The average Bonchev–Trinajstić information content (AvgIpc) is 0.809. The lowest BCUT2D eigenvalue weighted by Crippen LogP contribution is -2.64. The molecule has 1 saturated heterocycles. The van der Waals surface area contributed by atoms with Crippen LogP contribution in [0.4, 0.5) is 0 Å². The molecule has 25 nitrogen and oxygen atoms in total. The van der Waals surface area contributed by atoms with Gasteiger partial charge in [0.25, 0.3) is 5.91 Å². The normalized spacial score (nSPS) is 26.5. The van der Waals surface area contributed by atoms with E-state index in [2.05, 4.69) is 21.3 Å². The molecule has 0 radical (unpaired) electrons. The van der Waals surface area contributed by atoms with E-state index in [0.29, 0.717) is 25.1 Å². The Morgan fingerprint density at radius 1 is 0.543 bits per heavy atom. The van der Waals surface area contributed by atoms with Gasteiger partial charge in [0.15, 0.2) is 5.37 Å². The summed E-state index contributed by atoms with van der Waals surface area (Å²) in [6.45, 7) is 30.3. The van der Waals surface area contributed by atoms with Crippen molar-refractivity contribution in [3.05, 3.63) is 12.2 Å². The van der Waals surface area contributed by atoms with Gasteiger partial charge in [0.1, 0.15) is 60.4 Å². The third-order valence-corrected chi connectivity index (χ3v) is 19.1. The van der Waals surface area contributed by atoms with Gasteiger partial charge in [-0.3, -0.25) is 52.7 Å². The van der Waals surface area contributed by atoms with Gasteiger partial charge in [0.2, 0.25) is 59.1 Å². The highest BCUT2D eigenvalue weighted by molar-refractivity contribution is 8.00. The maximum absolute atomic E-state index is 15.4. The van der Waals surface area contributed by atoms with Gasteiger partial charge in [0, 0.05) is 62.9 Å². The summed E-state index contributed by atoms with van der Waals surface area (Å²) < 4.78 is 5.83. The van der Waals surface area contributed by atoms with Crippen molar-refractivity contribution in [2.75, 3.05) is 82.8 Å². The molecule has 0 aliphatic carbocycles. The minimum absolute atomic E-state index is 0.0122. The molecule has 11 amide bonds. The highest BCUT2D eigenvalue weighted by Crippen LogP contribution is 2.28. The van der Waals surface area contributed by atoms with E-state index in [1.54, 1.807) is 68.4 Å². The van der Waals surface area contributed by atoms with Crippen LogP contribution in [0, 0.1) is 35.5 Å².